The highest BCUT2D eigenvalue weighted by Crippen LogP contribution is 2.57. The molecule has 6 fully saturated rings. The summed E-state index contributed by atoms with van der Waals surface area (Å²) < 4.78 is 24.7. The lowest BCUT2D eigenvalue weighted by molar-refractivity contribution is -0.132. The predicted octanol–water partition coefficient (Wildman–Crippen LogP) is 2.93. The van der Waals surface area contributed by atoms with E-state index in [1.807, 2.05) is 11.8 Å². The second-order valence-electron chi connectivity index (χ2n) is 15.1. The molecule has 7 aliphatic rings. The fourth-order valence-electron chi connectivity index (χ4n) is 9.70. The second-order valence-corrected chi connectivity index (χ2v) is 16.4. The number of carbonyl (C=O) groups excluding carboxylic acids is 4. The van der Waals surface area contributed by atoms with Crippen molar-refractivity contribution in [3.8, 4) is 0 Å². The largest absolute Gasteiger partial charge is 0.447 e. The lowest BCUT2D eigenvalue weighted by atomic mass is 9.50. The van der Waals surface area contributed by atoms with Crippen molar-refractivity contribution in [2.45, 2.75) is 106 Å². The first-order valence-corrected chi connectivity index (χ1v) is 19.0. The van der Waals surface area contributed by atoms with Gasteiger partial charge in [0, 0.05) is 48.1 Å². The van der Waals surface area contributed by atoms with Gasteiger partial charge in [0.2, 0.25) is 11.8 Å². The van der Waals surface area contributed by atoms with Gasteiger partial charge in [-0.1, -0.05) is 12.5 Å². The molecule has 14 heteroatoms. The molecule has 5 unspecified atom stereocenters. The number of rotatable bonds is 15. The summed E-state index contributed by atoms with van der Waals surface area (Å²) in [5, 5.41) is 16.1. The maximum absolute atomic E-state index is 13.7. The Bertz CT molecular complexity index is 1420. The van der Waals surface area contributed by atoms with Crippen LogP contribution in [0.2, 0.25) is 0 Å². The Morgan fingerprint density at radius 3 is 2.63 bits per heavy atom. The summed E-state index contributed by atoms with van der Waals surface area (Å²) in [5.41, 5.74) is 1.34. The lowest BCUT2D eigenvalue weighted by Gasteiger charge is -2.62. The van der Waals surface area contributed by atoms with Crippen molar-refractivity contribution < 1.29 is 33.0 Å². The first-order valence-electron chi connectivity index (χ1n) is 17.9. The average Bonchev–Trinajstić information content (AvgIpc) is 3.74. The molecule has 49 heavy (non-hydrogen) atoms. The number of halogens is 1. The number of carbonyl (C=O) groups is 4. The lowest BCUT2D eigenvalue weighted by Crippen LogP contribution is -2.69. The Hall–Kier alpha value is -3.10. The molecule has 4 bridgehead atoms. The third-order valence-electron chi connectivity index (χ3n) is 11.4. The van der Waals surface area contributed by atoms with Crippen molar-refractivity contribution in [1.82, 2.24) is 31.5 Å². The number of thioether (sulfide) groups is 1. The van der Waals surface area contributed by atoms with Gasteiger partial charge in [-0.25, -0.2) is 14.0 Å². The van der Waals surface area contributed by atoms with E-state index in [0.29, 0.717) is 49.7 Å². The molecule has 5 atom stereocenters. The summed E-state index contributed by atoms with van der Waals surface area (Å²) in [6, 6.07) is 5.07. The molecule has 8 rings (SSSR count). The predicted molar refractivity (Wildman–Crippen MR) is 181 cm³/mol. The minimum atomic E-state index is -0.440. The first-order chi connectivity index (χ1) is 23.7. The molecule has 3 heterocycles. The summed E-state index contributed by atoms with van der Waals surface area (Å²) in [6.07, 6.45) is 8.55. The zero-order chi connectivity index (χ0) is 34.0. The third kappa shape index (κ3) is 8.12. The van der Waals surface area contributed by atoms with Crippen LogP contribution in [0.3, 0.4) is 0 Å². The molecule has 12 nitrogen and oxygen atoms in total. The van der Waals surface area contributed by atoms with Gasteiger partial charge in [0.15, 0.2) is 0 Å². The number of nitrogens with one attached hydrogen (secondary N) is 5. The van der Waals surface area contributed by atoms with Gasteiger partial charge in [-0.3, -0.25) is 9.59 Å². The molecule has 5 amide bonds. The third-order valence-corrected chi connectivity index (χ3v) is 12.9. The number of amides is 5. The first kappa shape index (κ1) is 34.4. The Morgan fingerprint density at radius 2 is 1.80 bits per heavy atom. The van der Waals surface area contributed by atoms with Crippen molar-refractivity contribution in [3.05, 3.63) is 35.1 Å². The summed E-state index contributed by atoms with van der Waals surface area (Å²) in [4.78, 5) is 51.5. The molecule has 1 aromatic rings. The van der Waals surface area contributed by atoms with Gasteiger partial charge in [-0.2, -0.15) is 11.8 Å². The highest BCUT2D eigenvalue weighted by Gasteiger charge is 2.58. The highest BCUT2D eigenvalue weighted by molar-refractivity contribution is 8.00. The van der Waals surface area contributed by atoms with E-state index in [2.05, 4.69) is 26.6 Å². The quantitative estimate of drug-likeness (QED) is 0.139. The minimum Gasteiger partial charge on any atom is -0.447 e. The van der Waals surface area contributed by atoms with E-state index in [-0.39, 0.29) is 66.6 Å². The van der Waals surface area contributed by atoms with Crippen LogP contribution in [-0.4, -0.2) is 95.9 Å². The van der Waals surface area contributed by atoms with Gasteiger partial charge in [0.1, 0.15) is 12.4 Å². The number of urea groups is 1. The molecule has 1 aromatic carbocycles. The molecule has 268 valence electrons. The number of alkyl carbamates (subject to hydrolysis) is 1. The monoisotopic (exact) mass is 700 g/mol. The number of ether oxygens (including phenoxy) is 2. The van der Waals surface area contributed by atoms with E-state index in [1.54, 1.807) is 11.0 Å². The average molecular weight is 701 g/mol. The van der Waals surface area contributed by atoms with Crippen LogP contribution >= 0.6 is 11.8 Å². The maximum atomic E-state index is 13.7. The van der Waals surface area contributed by atoms with Crippen molar-refractivity contribution >= 4 is 35.7 Å². The Balaban J connectivity index is 0.755. The summed E-state index contributed by atoms with van der Waals surface area (Å²) >= 11 is 1.89. The van der Waals surface area contributed by atoms with Gasteiger partial charge in [-0.15, -0.1) is 0 Å². The highest BCUT2D eigenvalue weighted by atomic mass is 32.2. The van der Waals surface area contributed by atoms with Gasteiger partial charge in [0.05, 0.1) is 31.8 Å². The van der Waals surface area contributed by atoms with E-state index < -0.39 is 6.09 Å². The zero-order valence-corrected chi connectivity index (χ0v) is 28.8. The molecular formula is C35H49FN6O6S. The molecule has 0 spiro atoms. The molecule has 0 radical (unpaired) electrons. The molecule has 2 saturated heterocycles. The zero-order valence-electron chi connectivity index (χ0n) is 28.0. The normalized spacial score (nSPS) is 32.0. The van der Waals surface area contributed by atoms with E-state index >= 15 is 0 Å². The minimum absolute atomic E-state index is 0.00230. The Morgan fingerprint density at radius 1 is 1.00 bits per heavy atom. The Labute approximate surface area is 291 Å². The van der Waals surface area contributed by atoms with Gasteiger partial charge in [-0.05, 0) is 86.5 Å². The van der Waals surface area contributed by atoms with Crippen LogP contribution < -0.4 is 26.6 Å². The number of benzene rings is 1. The number of unbranched alkanes of at least 4 members (excludes halogenated alkanes) is 1. The molecule has 3 aliphatic heterocycles. The van der Waals surface area contributed by atoms with Crippen LogP contribution in [0.15, 0.2) is 18.2 Å². The van der Waals surface area contributed by atoms with Crippen LogP contribution in [-0.2, 0) is 32.2 Å². The SMILES string of the molecule is O=C(CCCCC1SCC2NC(=O)NC21)NCCOCCOC(=O)NC12CC3CC(CC(NCC(=O)N4Cc5ccc(F)cc5C4)(C3)C1)C2. The molecule has 4 aliphatic carbocycles. The van der Waals surface area contributed by atoms with Crippen LogP contribution in [0.1, 0.15) is 75.3 Å². The number of fused-ring (bicyclic) bond motifs is 2. The fraction of sp³-hybridized carbons (Fsp3) is 0.714. The van der Waals surface area contributed by atoms with Crippen LogP contribution in [0.25, 0.3) is 0 Å². The van der Waals surface area contributed by atoms with Crippen molar-refractivity contribution in [2.24, 2.45) is 11.8 Å². The molecular weight excluding hydrogens is 651 g/mol. The molecule has 0 aromatic heterocycles. The van der Waals surface area contributed by atoms with Crippen molar-refractivity contribution in [2.75, 3.05) is 38.7 Å². The number of hydrogen-bond donors (Lipinski definition) is 5. The topological polar surface area (TPSA) is 150 Å². The van der Waals surface area contributed by atoms with E-state index in [0.717, 1.165) is 74.7 Å². The maximum Gasteiger partial charge on any atom is 0.407 e. The fourth-order valence-corrected chi connectivity index (χ4v) is 11.2. The molecule has 4 saturated carbocycles. The van der Waals surface area contributed by atoms with Crippen molar-refractivity contribution in [1.29, 1.82) is 0 Å². The summed E-state index contributed by atoms with van der Waals surface area (Å²) in [5.74, 6) is 1.67. The van der Waals surface area contributed by atoms with Crippen LogP contribution in [0.4, 0.5) is 14.0 Å². The Kier molecular flexibility index (Phi) is 10.3. The standard InChI is InChI=1S/C35H49FN6O6S/c36-26-6-5-24-18-42(19-25(24)12-26)30(44)17-38-34-13-22-11-23(14-34)16-35(15-22,21-34)41-33(46)48-10-9-47-8-7-37-29(43)4-2-1-3-28-31-27(20-49-28)39-32(45)40-31/h5-6,12,22-23,27-28,31,38H,1-4,7-11,13-21H2,(H,37,43)(H,41,46)(H2,39,40,45). The smallest absolute Gasteiger partial charge is 0.407 e. The van der Waals surface area contributed by atoms with E-state index in [4.69, 9.17) is 9.47 Å². The van der Waals surface area contributed by atoms with E-state index in [1.165, 1.54) is 12.1 Å². The van der Waals surface area contributed by atoms with Gasteiger partial charge in [0.25, 0.3) is 0 Å². The van der Waals surface area contributed by atoms with Gasteiger partial charge >= 0.3 is 12.1 Å². The van der Waals surface area contributed by atoms with Crippen LogP contribution in [0, 0.1) is 17.7 Å². The summed E-state index contributed by atoms with van der Waals surface area (Å²) in [7, 11) is 0. The van der Waals surface area contributed by atoms with Gasteiger partial charge < -0.3 is 41.0 Å². The van der Waals surface area contributed by atoms with E-state index in [9.17, 15) is 23.6 Å². The molecule has 5 N–H and O–H groups in total. The van der Waals surface area contributed by atoms with Crippen LogP contribution in [0.5, 0.6) is 0 Å². The number of hydrogen-bond acceptors (Lipinski definition) is 8. The number of nitrogens with zero attached hydrogens (tertiary/aromatic N) is 1. The second kappa shape index (κ2) is 14.6. The van der Waals surface area contributed by atoms with Crippen molar-refractivity contribution in [3.63, 3.8) is 0 Å². The summed E-state index contributed by atoms with van der Waals surface area (Å²) in [6.45, 7) is 2.28.